The molecule has 0 saturated heterocycles. The molecule has 0 spiro atoms. The molecule has 0 fully saturated rings. The first kappa shape index (κ1) is 11.7. The first-order chi connectivity index (χ1) is 7.13. The number of nitrogens with zero attached hydrogens (tertiary/aromatic N) is 1. The van der Waals surface area contributed by atoms with Gasteiger partial charge < -0.3 is 10.6 Å². The Labute approximate surface area is 88.7 Å². The zero-order chi connectivity index (χ0) is 11.3. The van der Waals surface area contributed by atoms with Crippen LogP contribution in [-0.2, 0) is 11.3 Å². The Balaban J connectivity index is 2.58. The summed E-state index contributed by atoms with van der Waals surface area (Å²) >= 11 is 0. The van der Waals surface area contributed by atoms with Crippen molar-refractivity contribution in [1.29, 1.82) is 0 Å². The fourth-order valence-electron chi connectivity index (χ4n) is 1.31. The Kier molecular flexibility index (Phi) is 4.24. The predicted octanol–water partition coefficient (Wildman–Crippen LogP) is 1.13. The third kappa shape index (κ3) is 3.67. The van der Waals surface area contributed by atoms with Crippen molar-refractivity contribution in [3.8, 4) is 0 Å². The molecule has 1 rings (SSSR count). The number of nitrogens with two attached hydrogens (primary N) is 1. The third-order valence-electron chi connectivity index (χ3n) is 2.09. The monoisotopic (exact) mass is 210 g/mol. The Morgan fingerprint density at radius 3 is 2.87 bits per heavy atom. The van der Waals surface area contributed by atoms with Crippen LogP contribution in [0.25, 0.3) is 0 Å². The van der Waals surface area contributed by atoms with E-state index in [4.69, 9.17) is 5.73 Å². The van der Waals surface area contributed by atoms with Crippen LogP contribution in [0.2, 0.25) is 0 Å². The topological polar surface area (TPSA) is 46.3 Å². The number of hydrogen-bond acceptors (Lipinski definition) is 2. The van der Waals surface area contributed by atoms with Gasteiger partial charge in [-0.15, -0.1) is 0 Å². The fraction of sp³-hybridized carbons (Fsp3) is 0.364. The number of rotatable bonds is 4. The van der Waals surface area contributed by atoms with Gasteiger partial charge in [0.05, 0.1) is 0 Å². The quantitative estimate of drug-likeness (QED) is 0.809. The summed E-state index contributed by atoms with van der Waals surface area (Å²) < 4.78 is 12.8. The van der Waals surface area contributed by atoms with Crippen molar-refractivity contribution in [3.63, 3.8) is 0 Å². The van der Waals surface area contributed by atoms with Gasteiger partial charge in [-0.05, 0) is 17.7 Å². The molecule has 0 aliphatic rings. The van der Waals surface area contributed by atoms with Crippen molar-refractivity contribution in [2.24, 2.45) is 5.73 Å². The molecule has 0 saturated carbocycles. The van der Waals surface area contributed by atoms with Crippen molar-refractivity contribution >= 4 is 5.91 Å². The molecule has 0 radical (unpaired) electrons. The van der Waals surface area contributed by atoms with Crippen LogP contribution < -0.4 is 5.73 Å². The van der Waals surface area contributed by atoms with Crippen LogP contribution in [0.1, 0.15) is 12.0 Å². The maximum atomic E-state index is 12.8. The average molecular weight is 210 g/mol. The molecule has 4 heteroatoms. The summed E-state index contributed by atoms with van der Waals surface area (Å²) in [7, 11) is 1.68. The van der Waals surface area contributed by atoms with Crippen LogP contribution in [-0.4, -0.2) is 24.4 Å². The predicted molar refractivity (Wildman–Crippen MR) is 56.5 cm³/mol. The highest BCUT2D eigenvalue weighted by Gasteiger charge is 2.07. The maximum Gasteiger partial charge on any atom is 0.223 e. The number of amides is 1. The van der Waals surface area contributed by atoms with Crippen LogP contribution in [0.5, 0.6) is 0 Å². The largest absolute Gasteiger partial charge is 0.341 e. The first-order valence-electron chi connectivity index (χ1n) is 4.82. The molecule has 82 valence electrons. The summed E-state index contributed by atoms with van der Waals surface area (Å²) in [5.41, 5.74) is 6.06. The molecule has 2 N–H and O–H groups in total. The van der Waals surface area contributed by atoms with Crippen LogP contribution in [0.15, 0.2) is 24.3 Å². The number of hydrogen-bond donors (Lipinski definition) is 1. The van der Waals surface area contributed by atoms with Gasteiger partial charge in [-0.25, -0.2) is 4.39 Å². The second-order valence-corrected chi connectivity index (χ2v) is 3.42. The normalized spacial score (nSPS) is 10.1. The molecular weight excluding hydrogens is 195 g/mol. The molecule has 0 bridgehead atoms. The lowest BCUT2D eigenvalue weighted by Gasteiger charge is -2.16. The molecular formula is C11H15FN2O. The number of halogens is 1. The first-order valence-corrected chi connectivity index (χ1v) is 4.82. The van der Waals surface area contributed by atoms with E-state index in [9.17, 15) is 9.18 Å². The van der Waals surface area contributed by atoms with Crippen molar-refractivity contribution in [1.82, 2.24) is 4.90 Å². The van der Waals surface area contributed by atoms with Gasteiger partial charge in [0.15, 0.2) is 0 Å². The zero-order valence-electron chi connectivity index (χ0n) is 8.74. The van der Waals surface area contributed by atoms with E-state index in [0.717, 1.165) is 5.56 Å². The molecule has 0 atom stereocenters. The third-order valence-corrected chi connectivity index (χ3v) is 2.09. The highest BCUT2D eigenvalue weighted by molar-refractivity contribution is 5.76. The minimum atomic E-state index is -0.285. The smallest absolute Gasteiger partial charge is 0.223 e. The van der Waals surface area contributed by atoms with Gasteiger partial charge in [0.1, 0.15) is 5.82 Å². The van der Waals surface area contributed by atoms with Gasteiger partial charge in [-0.2, -0.15) is 0 Å². The summed E-state index contributed by atoms with van der Waals surface area (Å²) in [5, 5.41) is 0. The Morgan fingerprint density at radius 2 is 2.27 bits per heavy atom. The van der Waals surface area contributed by atoms with E-state index in [1.807, 2.05) is 0 Å². The lowest BCUT2D eigenvalue weighted by Crippen LogP contribution is -2.27. The average Bonchev–Trinajstić information content (AvgIpc) is 2.18. The number of carbonyl (C=O) groups is 1. The van der Waals surface area contributed by atoms with Gasteiger partial charge in [0, 0.05) is 26.6 Å². The molecule has 15 heavy (non-hydrogen) atoms. The molecule has 1 aromatic carbocycles. The lowest BCUT2D eigenvalue weighted by atomic mass is 10.2. The Hall–Kier alpha value is -1.42. The van der Waals surface area contributed by atoms with Gasteiger partial charge >= 0.3 is 0 Å². The van der Waals surface area contributed by atoms with Crippen LogP contribution in [0.4, 0.5) is 4.39 Å². The zero-order valence-corrected chi connectivity index (χ0v) is 8.74. The van der Waals surface area contributed by atoms with E-state index in [2.05, 4.69) is 0 Å². The van der Waals surface area contributed by atoms with Gasteiger partial charge in [0.2, 0.25) is 5.91 Å². The van der Waals surface area contributed by atoms with Crippen LogP contribution in [0.3, 0.4) is 0 Å². The maximum absolute atomic E-state index is 12.8. The van der Waals surface area contributed by atoms with Gasteiger partial charge in [-0.1, -0.05) is 12.1 Å². The Morgan fingerprint density at radius 1 is 1.53 bits per heavy atom. The van der Waals surface area contributed by atoms with Crippen molar-refractivity contribution < 1.29 is 9.18 Å². The van der Waals surface area contributed by atoms with Crippen LogP contribution >= 0.6 is 0 Å². The minimum absolute atomic E-state index is 0.0261. The summed E-state index contributed by atoms with van der Waals surface area (Å²) in [6.45, 7) is 0.753. The number of benzene rings is 1. The SMILES string of the molecule is CN(Cc1cccc(F)c1)C(=O)CCN. The molecule has 3 nitrogen and oxygen atoms in total. The molecule has 0 heterocycles. The molecule has 0 aromatic heterocycles. The van der Waals surface area contributed by atoms with Crippen molar-refractivity contribution in [3.05, 3.63) is 35.6 Å². The van der Waals surface area contributed by atoms with E-state index < -0.39 is 0 Å². The molecule has 1 amide bonds. The summed E-state index contributed by atoms with van der Waals surface area (Å²) in [6.07, 6.45) is 0.325. The Bertz CT molecular complexity index is 341. The standard InChI is InChI=1S/C11H15FN2O/c1-14(11(15)5-6-13)8-9-3-2-4-10(12)7-9/h2-4,7H,5-6,8,13H2,1H3. The minimum Gasteiger partial charge on any atom is -0.341 e. The van der Waals surface area contributed by atoms with Gasteiger partial charge in [0.25, 0.3) is 0 Å². The summed E-state index contributed by atoms with van der Waals surface area (Å²) in [6, 6.07) is 6.22. The highest BCUT2D eigenvalue weighted by atomic mass is 19.1. The summed E-state index contributed by atoms with van der Waals surface area (Å²) in [4.78, 5) is 12.9. The van der Waals surface area contributed by atoms with E-state index in [-0.39, 0.29) is 11.7 Å². The van der Waals surface area contributed by atoms with E-state index in [0.29, 0.717) is 19.5 Å². The second kappa shape index (κ2) is 5.46. The van der Waals surface area contributed by atoms with E-state index >= 15 is 0 Å². The van der Waals surface area contributed by atoms with Crippen molar-refractivity contribution in [2.45, 2.75) is 13.0 Å². The molecule has 1 aromatic rings. The molecule has 0 aliphatic carbocycles. The molecule has 0 unspecified atom stereocenters. The number of carbonyl (C=O) groups excluding carboxylic acids is 1. The van der Waals surface area contributed by atoms with E-state index in [1.54, 1.807) is 24.1 Å². The lowest BCUT2D eigenvalue weighted by molar-refractivity contribution is -0.130. The second-order valence-electron chi connectivity index (χ2n) is 3.42. The fourth-order valence-corrected chi connectivity index (χ4v) is 1.31. The van der Waals surface area contributed by atoms with E-state index in [1.165, 1.54) is 12.1 Å². The molecule has 0 aliphatic heterocycles. The highest BCUT2D eigenvalue weighted by Crippen LogP contribution is 2.06. The summed E-state index contributed by atoms with van der Waals surface area (Å²) in [5.74, 6) is -0.311. The van der Waals surface area contributed by atoms with Gasteiger partial charge in [-0.3, -0.25) is 4.79 Å². The van der Waals surface area contributed by atoms with Crippen LogP contribution in [0, 0.1) is 5.82 Å². The van der Waals surface area contributed by atoms with Crippen molar-refractivity contribution in [2.75, 3.05) is 13.6 Å².